The van der Waals surface area contributed by atoms with E-state index in [-0.39, 0.29) is 28.5 Å². The second-order valence-electron chi connectivity index (χ2n) is 3.04. The number of benzene rings is 1. The molecule has 82 valence electrons. The molecular weight excluding hydrogens is 226 g/mol. The zero-order chi connectivity index (χ0) is 11.6. The van der Waals surface area contributed by atoms with Gasteiger partial charge in [-0.2, -0.15) is 0 Å². The lowest BCUT2D eigenvalue weighted by Crippen LogP contribution is -2.05. The monoisotopic (exact) mass is 234 g/mol. The zero-order valence-electron chi connectivity index (χ0n) is 8.23. The van der Waals surface area contributed by atoms with Gasteiger partial charge in [0.05, 0.1) is 12.1 Å². The van der Waals surface area contributed by atoms with E-state index in [0.717, 1.165) is 6.07 Å². The number of carbonyl (C=O) groups is 1. The topological polar surface area (TPSA) is 26.3 Å². The lowest BCUT2D eigenvalue weighted by Gasteiger charge is -2.10. The summed E-state index contributed by atoms with van der Waals surface area (Å²) >= 11 is 5.65. The maximum atomic E-state index is 13.3. The number of ketones is 1. The number of Topliss-reactive ketones (excluding diaryl/α,β-unsaturated/α-hetero) is 1. The van der Waals surface area contributed by atoms with Crippen molar-refractivity contribution < 1.29 is 18.3 Å². The third-order valence-corrected chi connectivity index (χ3v) is 2.13. The highest BCUT2D eigenvalue weighted by molar-refractivity contribution is 6.32. The van der Waals surface area contributed by atoms with Crippen LogP contribution in [0.2, 0.25) is 5.02 Å². The first kappa shape index (κ1) is 11.9. The molecule has 0 bridgehead atoms. The number of ether oxygens (including phenoxy) is 1. The Hall–Kier alpha value is -1.16. The van der Waals surface area contributed by atoms with Crippen molar-refractivity contribution >= 4 is 17.4 Å². The maximum Gasteiger partial charge on any atom is 0.166 e. The quantitative estimate of drug-likeness (QED) is 0.752. The van der Waals surface area contributed by atoms with E-state index in [9.17, 15) is 13.6 Å². The molecule has 0 spiro atoms. The molecule has 1 aromatic rings. The van der Waals surface area contributed by atoms with E-state index in [4.69, 9.17) is 16.3 Å². The van der Waals surface area contributed by atoms with Gasteiger partial charge >= 0.3 is 0 Å². The van der Waals surface area contributed by atoms with Gasteiger partial charge in [-0.1, -0.05) is 11.6 Å². The first-order valence-electron chi connectivity index (χ1n) is 4.17. The van der Waals surface area contributed by atoms with Crippen molar-refractivity contribution in [2.75, 3.05) is 7.11 Å². The van der Waals surface area contributed by atoms with Crippen molar-refractivity contribution in [3.63, 3.8) is 0 Å². The Morgan fingerprint density at radius 1 is 1.53 bits per heavy atom. The van der Waals surface area contributed by atoms with Gasteiger partial charge in [-0.05, 0) is 13.0 Å². The van der Waals surface area contributed by atoms with E-state index in [1.807, 2.05) is 0 Å². The van der Waals surface area contributed by atoms with E-state index < -0.39 is 11.6 Å². The molecule has 5 heteroatoms. The lowest BCUT2D eigenvalue weighted by atomic mass is 10.1. The molecule has 0 radical (unpaired) electrons. The summed E-state index contributed by atoms with van der Waals surface area (Å²) < 4.78 is 31.1. The van der Waals surface area contributed by atoms with Gasteiger partial charge in [0.2, 0.25) is 0 Å². The summed E-state index contributed by atoms with van der Waals surface area (Å²) in [5, 5.41) is -0.0485. The third-order valence-electron chi connectivity index (χ3n) is 1.85. The fourth-order valence-corrected chi connectivity index (χ4v) is 1.54. The fraction of sp³-hybridized carbons (Fsp3) is 0.300. The molecule has 0 aliphatic rings. The largest absolute Gasteiger partial charge is 0.495 e. The molecule has 1 rings (SSSR count). The van der Waals surface area contributed by atoms with E-state index in [2.05, 4.69) is 0 Å². The summed E-state index contributed by atoms with van der Waals surface area (Å²) in [6.45, 7) is 1.28. The van der Waals surface area contributed by atoms with Gasteiger partial charge in [-0.3, -0.25) is 4.79 Å². The molecule has 0 atom stereocenters. The number of methoxy groups -OCH3 is 1. The van der Waals surface area contributed by atoms with E-state index in [1.54, 1.807) is 0 Å². The molecular formula is C10H9ClF2O2. The van der Waals surface area contributed by atoms with Crippen LogP contribution in [0.25, 0.3) is 0 Å². The molecule has 0 aromatic heterocycles. The molecule has 2 nitrogen and oxygen atoms in total. The average Bonchev–Trinajstić information content (AvgIpc) is 2.13. The van der Waals surface area contributed by atoms with Crippen LogP contribution in [0, 0.1) is 11.6 Å². The van der Waals surface area contributed by atoms with Gasteiger partial charge in [0, 0.05) is 12.0 Å². The van der Waals surface area contributed by atoms with Crippen molar-refractivity contribution in [3.05, 3.63) is 28.3 Å². The second kappa shape index (κ2) is 4.57. The van der Waals surface area contributed by atoms with Crippen molar-refractivity contribution in [1.82, 2.24) is 0 Å². The Balaban J connectivity index is 3.36. The van der Waals surface area contributed by atoms with Crippen molar-refractivity contribution in [2.24, 2.45) is 0 Å². The highest BCUT2D eigenvalue weighted by Crippen LogP contribution is 2.32. The summed E-state index contributed by atoms with van der Waals surface area (Å²) in [5.41, 5.74) is -0.144. The molecule has 0 saturated heterocycles. The summed E-state index contributed by atoms with van der Waals surface area (Å²) in [7, 11) is 1.28. The van der Waals surface area contributed by atoms with Gasteiger partial charge in [-0.25, -0.2) is 8.78 Å². The van der Waals surface area contributed by atoms with Crippen LogP contribution in [-0.2, 0) is 11.2 Å². The number of hydrogen-bond acceptors (Lipinski definition) is 2. The van der Waals surface area contributed by atoms with Gasteiger partial charge < -0.3 is 4.74 Å². The summed E-state index contributed by atoms with van der Waals surface area (Å²) in [4.78, 5) is 10.9. The van der Waals surface area contributed by atoms with Crippen LogP contribution in [0.15, 0.2) is 6.07 Å². The van der Waals surface area contributed by atoms with Crippen LogP contribution in [0.1, 0.15) is 12.5 Å². The highest BCUT2D eigenvalue weighted by atomic mass is 35.5. The molecule has 15 heavy (non-hydrogen) atoms. The van der Waals surface area contributed by atoms with Gasteiger partial charge in [0.1, 0.15) is 11.5 Å². The Bertz CT molecular complexity index is 405. The predicted molar refractivity (Wildman–Crippen MR) is 52.3 cm³/mol. The molecule has 0 amide bonds. The maximum absolute atomic E-state index is 13.3. The second-order valence-corrected chi connectivity index (χ2v) is 3.45. The van der Waals surface area contributed by atoms with Crippen molar-refractivity contribution in [3.8, 4) is 5.75 Å². The summed E-state index contributed by atoms with van der Waals surface area (Å²) in [6, 6.07) is 0.819. The van der Waals surface area contributed by atoms with Gasteiger partial charge in [-0.15, -0.1) is 0 Å². The first-order chi connectivity index (χ1) is 6.97. The number of hydrogen-bond donors (Lipinski definition) is 0. The van der Waals surface area contributed by atoms with Crippen LogP contribution in [0.4, 0.5) is 8.78 Å². The average molecular weight is 235 g/mol. The smallest absolute Gasteiger partial charge is 0.166 e. The normalized spacial score (nSPS) is 10.2. The molecule has 0 fully saturated rings. The van der Waals surface area contributed by atoms with Crippen molar-refractivity contribution in [1.29, 1.82) is 0 Å². The van der Waals surface area contributed by atoms with E-state index in [0.29, 0.717) is 0 Å². The third kappa shape index (κ3) is 2.45. The Kier molecular flexibility index (Phi) is 3.63. The standard InChI is InChI=1S/C10H9ClF2O2/c1-5(14)3-6-9(13)8(12)4-7(11)10(6)15-2/h4H,3H2,1-2H3. The number of halogens is 3. The minimum atomic E-state index is -1.09. The fourth-order valence-electron chi connectivity index (χ4n) is 1.26. The summed E-state index contributed by atoms with van der Waals surface area (Å²) in [6.07, 6.45) is -0.244. The Labute approximate surface area is 90.8 Å². The van der Waals surface area contributed by atoms with Crippen LogP contribution < -0.4 is 4.74 Å². The van der Waals surface area contributed by atoms with E-state index >= 15 is 0 Å². The molecule has 1 aromatic carbocycles. The molecule has 0 heterocycles. The zero-order valence-corrected chi connectivity index (χ0v) is 8.99. The SMILES string of the molecule is COc1c(Cl)cc(F)c(F)c1CC(C)=O. The summed E-state index contributed by atoms with van der Waals surface area (Å²) in [5.74, 6) is -2.47. The number of carbonyl (C=O) groups excluding carboxylic acids is 1. The molecule has 0 unspecified atom stereocenters. The van der Waals surface area contributed by atoms with Crippen molar-refractivity contribution in [2.45, 2.75) is 13.3 Å². The van der Waals surface area contributed by atoms with Crippen LogP contribution >= 0.6 is 11.6 Å². The van der Waals surface area contributed by atoms with Gasteiger partial charge in [0.25, 0.3) is 0 Å². The van der Waals surface area contributed by atoms with Crippen LogP contribution in [-0.4, -0.2) is 12.9 Å². The van der Waals surface area contributed by atoms with E-state index in [1.165, 1.54) is 14.0 Å². The number of rotatable bonds is 3. The predicted octanol–water partition coefficient (Wildman–Crippen LogP) is 2.76. The van der Waals surface area contributed by atoms with Crippen LogP contribution in [0.5, 0.6) is 5.75 Å². The Morgan fingerprint density at radius 2 is 2.13 bits per heavy atom. The molecule has 0 aliphatic heterocycles. The Morgan fingerprint density at radius 3 is 2.60 bits per heavy atom. The molecule has 0 saturated carbocycles. The lowest BCUT2D eigenvalue weighted by molar-refractivity contribution is -0.116. The molecule has 0 N–H and O–H groups in total. The van der Waals surface area contributed by atoms with Crippen LogP contribution in [0.3, 0.4) is 0 Å². The minimum Gasteiger partial charge on any atom is -0.495 e. The first-order valence-corrected chi connectivity index (χ1v) is 4.55. The van der Waals surface area contributed by atoms with Gasteiger partial charge in [0.15, 0.2) is 11.6 Å². The minimum absolute atomic E-state index is 0.00534. The highest BCUT2D eigenvalue weighted by Gasteiger charge is 2.19. The molecule has 0 aliphatic carbocycles.